The van der Waals surface area contributed by atoms with Crippen molar-refractivity contribution in [2.75, 3.05) is 36.5 Å². The van der Waals surface area contributed by atoms with E-state index in [1.165, 1.54) is 29.7 Å². The zero-order chi connectivity index (χ0) is 17.1. The summed E-state index contributed by atoms with van der Waals surface area (Å²) >= 11 is 0. The van der Waals surface area contributed by atoms with Crippen molar-refractivity contribution < 1.29 is 9.53 Å². The molecule has 0 bridgehead atoms. The average Bonchev–Trinajstić information content (AvgIpc) is 2.69. The predicted molar refractivity (Wildman–Crippen MR) is 101 cm³/mol. The van der Waals surface area contributed by atoms with Crippen molar-refractivity contribution in [2.24, 2.45) is 0 Å². The Kier molecular flexibility index (Phi) is 4.70. The fraction of sp³-hybridized carbons (Fsp3) is 0.381. The lowest BCUT2D eigenvalue weighted by Crippen LogP contribution is -2.36. The second-order valence-corrected chi connectivity index (χ2v) is 6.79. The van der Waals surface area contributed by atoms with Gasteiger partial charge in [-0.15, -0.1) is 0 Å². The fourth-order valence-electron chi connectivity index (χ4n) is 3.66. The van der Waals surface area contributed by atoms with Crippen molar-refractivity contribution in [1.82, 2.24) is 0 Å². The molecular formula is C21H24N2O2. The lowest BCUT2D eigenvalue weighted by Gasteiger charge is -2.28. The highest BCUT2D eigenvalue weighted by molar-refractivity contribution is 6.04. The number of hydrogen-bond donors (Lipinski definition) is 1. The largest absolute Gasteiger partial charge is 0.378 e. The Labute approximate surface area is 148 Å². The minimum absolute atomic E-state index is 0.0347. The summed E-state index contributed by atoms with van der Waals surface area (Å²) in [4.78, 5) is 14.9. The number of nitrogens with one attached hydrogen (secondary N) is 1. The Morgan fingerprint density at radius 1 is 0.920 bits per heavy atom. The monoisotopic (exact) mass is 336 g/mol. The molecule has 4 heteroatoms. The summed E-state index contributed by atoms with van der Waals surface area (Å²) in [6, 6.07) is 14.2. The van der Waals surface area contributed by atoms with Crippen LogP contribution in [0.25, 0.3) is 0 Å². The van der Waals surface area contributed by atoms with Crippen LogP contribution in [0.5, 0.6) is 0 Å². The van der Waals surface area contributed by atoms with E-state index in [0.29, 0.717) is 0 Å². The van der Waals surface area contributed by atoms with E-state index < -0.39 is 0 Å². The third kappa shape index (κ3) is 3.69. The van der Waals surface area contributed by atoms with Crippen LogP contribution in [0.4, 0.5) is 11.4 Å². The molecule has 0 radical (unpaired) electrons. The molecule has 1 heterocycles. The zero-order valence-corrected chi connectivity index (χ0v) is 14.5. The number of amides is 1. The highest BCUT2D eigenvalue weighted by atomic mass is 16.5. The SMILES string of the molecule is O=C(Nc1ccc(N2CCOCC2)cc1)c1ccc2c(c1)CCCC2. The second-order valence-electron chi connectivity index (χ2n) is 6.79. The quantitative estimate of drug-likeness (QED) is 0.930. The fourth-order valence-corrected chi connectivity index (χ4v) is 3.66. The van der Waals surface area contributed by atoms with Crippen molar-refractivity contribution in [1.29, 1.82) is 0 Å². The molecule has 2 aromatic rings. The van der Waals surface area contributed by atoms with Crippen molar-refractivity contribution in [3.8, 4) is 0 Å². The van der Waals surface area contributed by atoms with Crippen molar-refractivity contribution in [3.63, 3.8) is 0 Å². The molecule has 1 saturated heterocycles. The second kappa shape index (κ2) is 7.28. The van der Waals surface area contributed by atoms with Crippen LogP contribution in [0.3, 0.4) is 0 Å². The molecule has 4 nitrogen and oxygen atoms in total. The highest BCUT2D eigenvalue weighted by Crippen LogP contribution is 2.23. The first kappa shape index (κ1) is 16.2. The summed E-state index contributed by atoms with van der Waals surface area (Å²) in [6.07, 6.45) is 4.71. The van der Waals surface area contributed by atoms with E-state index in [1.807, 2.05) is 18.2 Å². The van der Waals surface area contributed by atoms with Crippen LogP contribution >= 0.6 is 0 Å². The van der Waals surface area contributed by atoms with E-state index in [9.17, 15) is 4.79 Å². The molecule has 1 aliphatic heterocycles. The third-order valence-electron chi connectivity index (χ3n) is 5.11. The molecule has 1 fully saturated rings. The van der Waals surface area contributed by atoms with Gasteiger partial charge in [-0.25, -0.2) is 0 Å². The molecule has 0 saturated carbocycles. The molecule has 130 valence electrons. The number of benzene rings is 2. The summed E-state index contributed by atoms with van der Waals surface area (Å²) < 4.78 is 5.39. The molecule has 2 aliphatic rings. The lowest BCUT2D eigenvalue weighted by molar-refractivity contribution is 0.102. The first-order chi connectivity index (χ1) is 12.3. The zero-order valence-electron chi connectivity index (χ0n) is 14.5. The Bertz CT molecular complexity index is 749. The number of aryl methyl sites for hydroxylation is 2. The van der Waals surface area contributed by atoms with E-state index >= 15 is 0 Å². The van der Waals surface area contributed by atoms with Gasteiger partial charge in [-0.1, -0.05) is 6.07 Å². The molecule has 1 amide bonds. The van der Waals surface area contributed by atoms with Gasteiger partial charge in [0.25, 0.3) is 5.91 Å². The summed E-state index contributed by atoms with van der Waals surface area (Å²) in [5, 5.41) is 3.01. The van der Waals surface area contributed by atoms with Gasteiger partial charge in [-0.3, -0.25) is 4.79 Å². The van der Waals surface area contributed by atoms with E-state index in [2.05, 4.69) is 34.5 Å². The lowest BCUT2D eigenvalue weighted by atomic mass is 9.90. The first-order valence-corrected chi connectivity index (χ1v) is 9.15. The van der Waals surface area contributed by atoms with Gasteiger partial charge in [0.1, 0.15) is 0 Å². The third-order valence-corrected chi connectivity index (χ3v) is 5.11. The number of carbonyl (C=O) groups excluding carboxylic acids is 1. The topological polar surface area (TPSA) is 41.6 Å². The molecule has 0 atom stereocenters. The van der Waals surface area contributed by atoms with Crippen LogP contribution in [-0.2, 0) is 17.6 Å². The number of nitrogens with zero attached hydrogens (tertiary/aromatic N) is 1. The van der Waals surface area contributed by atoms with Crippen molar-refractivity contribution in [2.45, 2.75) is 25.7 Å². The van der Waals surface area contributed by atoms with Gasteiger partial charge >= 0.3 is 0 Å². The molecule has 2 aromatic carbocycles. The Morgan fingerprint density at radius 2 is 1.64 bits per heavy atom. The van der Waals surface area contributed by atoms with Crippen LogP contribution in [0.15, 0.2) is 42.5 Å². The number of morpholine rings is 1. The molecule has 4 rings (SSSR count). The summed E-state index contributed by atoms with van der Waals surface area (Å²) in [5.41, 5.74) is 5.49. The van der Waals surface area contributed by atoms with Gasteiger partial charge in [0.15, 0.2) is 0 Å². The maximum absolute atomic E-state index is 12.5. The van der Waals surface area contributed by atoms with E-state index in [1.54, 1.807) is 0 Å². The van der Waals surface area contributed by atoms with Gasteiger partial charge in [-0.05, 0) is 73.2 Å². The van der Waals surface area contributed by atoms with Gasteiger partial charge in [0, 0.05) is 30.0 Å². The van der Waals surface area contributed by atoms with Crippen LogP contribution in [0.2, 0.25) is 0 Å². The van der Waals surface area contributed by atoms with Gasteiger partial charge in [-0.2, -0.15) is 0 Å². The molecule has 0 spiro atoms. The van der Waals surface area contributed by atoms with Crippen molar-refractivity contribution >= 4 is 17.3 Å². The average molecular weight is 336 g/mol. The summed E-state index contributed by atoms with van der Waals surface area (Å²) in [7, 11) is 0. The molecule has 25 heavy (non-hydrogen) atoms. The number of rotatable bonds is 3. The van der Waals surface area contributed by atoms with E-state index in [-0.39, 0.29) is 5.91 Å². The number of hydrogen-bond acceptors (Lipinski definition) is 3. The van der Waals surface area contributed by atoms with Crippen molar-refractivity contribution in [3.05, 3.63) is 59.2 Å². The minimum Gasteiger partial charge on any atom is -0.378 e. The molecule has 0 aromatic heterocycles. The van der Waals surface area contributed by atoms with Gasteiger partial charge in [0.05, 0.1) is 13.2 Å². The highest BCUT2D eigenvalue weighted by Gasteiger charge is 2.14. The number of carbonyl (C=O) groups is 1. The van der Waals surface area contributed by atoms with E-state index in [4.69, 9.17) is 4.74 Å². The maximum Gasteiger partial charge on any atom is 0.255 e. The number of fused-ring (bicyclic) bond motifs is 1. The normalized spacial score (nSPS) is 17.0. The predicted octanol–water partition coefficient (Wildman–Crippen LogP) is 3.65. The standard InChI is InChI=1S/C21H24N2O2/c24-21(18-6-5-16-3-1-2-4-17(16)15-18)22-19-7-9-20(10-8-19)23-11-13-25-14-12-23/h5-10,15H,1-4,11-14H2,(H,22,24). The molecule has 0 unspecified atom stereocenters. The minimum atomic E-state index is -0.0347. The molecular weight excluding hydrogens is 312 g/mol. The summed E-state index contributed by atoms with van der Waals surface area (Å²) in [6.45, 7) is 3.38. The number of ether oxygens (including phenoxy) is 1. The first-order valence-electron chi connectivity index (χ1n) is 9.15. The van der Waals surface area contributed by atoms with Gasteiger partial charge in [0.2, 0.25) is 0 Å². The Morgan fingerprint density at radius 3 is 2.40 bits per heavy atom. The van der Waals surface area contributed by atoms with Crippen LogP contribution in [0.1, 0.15) is 34.3 Å². The van der Waals surface area contributed by atoms with Crippen LogP contribution in [0, 0.1) is 0 Å². The van der Waals surface area contributed by atoms with Crippen LogP contribution in [-0.4, -0.2) is 32.2 Å². The number of anilines is 2. The van der Waals surface area contributed by atoms with Gasteiger partial charge < -0.3 is 15.0 Å². The van der Waals surface area contributed by atoms with Crippen LogP contribution < -0.4 is 10.2 Å². The Hall–Kier alpha value is -2.33. The Balaban J connectivity index is 1.43. The smallest absolute Gasteiger partial charge is 0.255 e. The molecule has 1 aliphatic carbocycles. The summed E-state index contributed by atoms with van der Waals surface area (Å²) in [5.74, 6) is -0.0347. The maximum atomic E-state index is 12.5. The van der Waals surface area contributed by atoms with E-state index in [0.717, 1.165) is 50.4 Å². The molecule has 1 N–H and O–H groups in total.